The minimum atomic E-state index is -0.971. The van der Waals surface area contributed by atoms with Gasteiger partial charge >= 0.3 is 5.97 Å². The molecule has 2 N–H and O–H groups in total. The quantitative estimate of drug-likeness (QED) is 0.138. The Morgan fingerprint density at radius 3 is 1.93 bits per heavy atom. The Balaban J connectivity index is 1.90. The maximum Gasteiger partial charge on any atom is 0.308 e. The molecule has 3 atom stereocenters. The predicted octanol–water partition coefficient (Wildman–Crippen LogP) is 4.11. The second kappa shape index (κ2) is 17.2. The van der Waals surface area contributed by atoms with E-state index in [9.17, 15) is 9.90 Å². The SMILES string of the molecule is CCCCCCCCCCCCCCCC(=O)OC(OCC(O)CO)C1CO1. The molecule has 6 heteroatoms. The summed E-state index contributed by atoms with van der Waals surface area (Å²) in [6, 6.07) is 0. The smallest absolute Gasteiger partial charge is 0.308 e. The summed E-state index contributed by atoms with van der Waals surface area (Å²) in [5.74, 6) is -0.290. The Morgan fingerprint density at radius 1 is 0.964 bits per heavy atom. The van der Waals surface area contributed by atoms with Crippen molar-refractivity contribution in [1.82, 2.24) is 0 Å². The molecule has 0 bridgehead atoms. The highest BCUT2D eigenvalue weighted by molar-refractivity contribution is 5.69. The monoisotopic (exact) mass is 402 g/mol. The van der Waals surface area contributed by atoms with Crippen LogP contribution in [0.4, 0.5) is 0 Å². The van der Waals surface area contributed by atoms with Crippen LogP contribution in [0, 0.1) is 0 Å². The first-order valence-corrected chi connectivity index (χ1v) is 11.4. The van der Waals surface area contributed by atoms with Crippen molar-refractivity contribution in [3.8, 4) is 0 Å². The number of ether oxygens (including phenoxy) is 3. The lowest BCUT2D eigenvalue weighted by Crippen LogP contribution is -2.31. The van der Waals surface area contributed by atoms with Gasteiger partial charge in [0.2, 0.25) is 6.29 Å². The Kier molecular flexibility index (Phi) is 15.6. The van der Waals surface area contributed by atoms with Crippen molar-refractivity contribution < 1.29 is 29.2 Å². The summed E-state index contributed by atoms with van der Waals surface area (Å²) in [5, 5.41) is 18.1. The molecule has 1 heterocycles. The van der Waals surface area contributed by atoms with E-state index in [2.05, 4.69) is 6.92 Å². The number of carbonyl (C=O) groups excluding carboxylic acids is 1. The second-order valence-corrected chi connectivity index (χ2v) is 7.89. The number of hydrogen-bond donors (Lipinski definition) is 2. The third kappa shape index (κ3) is 14.3. The third-order valence-corrected chi connectivity index (χ3v) is 5.06. The second-order valence-electron chi connectivity index (χ2n) is 7.89. The molecule has 1 aliphatic heterocycles. The molecular weight excluding hydrogens is 360 g/mol. The topological polar surface area (TPSA) is 88.5 Å². The van der Waals surface area contributed by atoms with Crippen LogP contribution in [-0.4, -0.2) is 54.5 Å². The number of hydrogen-bond acceptors (Lipinski definition) is 6. The molecular formula is C22H42O6. The molecule has 1 fully saturated rings. The molecule has 166 valence electrons. The molecule has 28 heavy (non-hydrogen) atoms. The Labute approximate surface area is 170 Å². The zero-order valence-corrected chi connectivity index (χ0v) is 17.8. The first kappa shape index (κ1) is 25.3. The number of esters is 1. The molecule has 0 aromatic rings. The minimum Gasteiger partial charge on any atom is -0.433 e. The fourth-order valence-corrected chi connectivity index (χ4v) is 3.16. The van der Waals surface area contributed by atoms with Gasteiger partial charge in [-0.05, 0) is 6.42 Å². The molecule has 0 radical (unpaired) electrons. The van der Waals surface area contributed by atoms with Crippen LogP contribution in [0.5, 0.6) is 0 Å². The summed E-state index contributed by atoms with van der Waals surface area (Å²) in [6.45, 7) is 2.29. The van der Waals surface area contributed by atoms with Crippen LogP contribution in [0.1, 0.15) is 96.8 Å². The van der Waals surface area contributed by atoms with E-state index in [1.54, 1.807) is 0 Å². The number of rotatable bonds is 20. The number of unbranched alkanes of at least 4 members (excludes halogenated alkanes) is 12. The largest absolute Gasteiger partial charge is 0.433 e. The molecule has 0 aromatic carbocycles. The van der Waals surface area contributed by atoms with Crippen molar-refractivity contribution in [3.63, 3.8) is 0 Å². The zero-order valence-electron chi connectivity index (χ0n) is 17.8. The Bertz CT molecular complexity index is 372. The summed E-state index contributed by atoms with van der Waals surface area (Å²) in [5.41, 5.74) is 0. The van der Waals surface area contributed by atoms with E-state index in [4.69, 9.17) is 19.3 Å². The van der Waals surface area contributed by atoms with Crippen LogP contribution >= 0.6 is 0 Å². The number of carbonyl (C=O) groups is 1. The van der Waals surface area contributed by atoms with Gasteiger partial charge < -0.3 is 24.4 Å². The van der Waals surface area contributed by atoms with E-state index in [-0.39, 0.29) is 25.3 Å². The third-order valence-electron chi connectivity index (χ3n) is 5.06. The van der Waals surface area contributed by atoms with Gasteiger partial charge in [0.15, 0.2) is 0 Å². The molecule has 0 saturated carbocycles. The molecule has 0 aliphatic carbocycles. The lowest BCUT2D eigenvalue weighted by molar-refractivity contribution is -0.189. The van der Waals surface area contributed by atoms with Gasteiger partial charge in [0.25, 0.3) is 0 Å². The molecule has 1 aliphatic rings. The van der Waals surface area contributed by atoms with Crippen LogP contribution in [0.15, 0.2) is 0 Å². The highest BCUT2D eigenvalue weighted by atomic mass is 16.7. The van der Waals surface area contributed by atoms with Gasteiger partial charge in [-0.15, -0.1) is 0 Å². The fourth-order valence-electron chi connectivity index (χ4n) is 3.16. The van der Waals surface area contributed by atoms with Crippen LogP contribution in [0.25, 0.3) is 0 Å². The van der Waals surface area contributed by atoms with E-state index >= 15 is 0 Å². The number of aliphatic hydroxyl groups excluding tert-OH is 2. The first-order chi connectivity index (χ1) is 13.7. The van der Waals surface area contributed by atoms with Gasteiger partial charge in [-0.3, -0.25) is 4.79 Å². The summed E-state index contributed by atoms with van der Waals surface area (Å²) in [7, 11) is 0. The standard InChI is InChI=1S/C22H42O6/c1-2-3-4-5-6-7-8-9-10-11-12-13-14-15-21(25)28-22(20-18-26-20)27-17-19(24)16-23/h19-20,22-24H,2-18H2,1H3. The van der Waals surface area contributed by atoms with E-state index < -0.39 is 12.4 Å². The Morgan fingerprint density at radius 2 is 1.46 bits per heavy atom. The highest BCUT2D eigenvalue weighted by Gasteiger charge is 2.37. The average molecular weight is 403 g/mol. The van der Waals surface area contributed by atoms with E-state index in [0.717, 1.165) is 19.3 Å². The lowest BCUT2D eigenvalue weighted by atomic mass is 10.0. The van der Waals surface area contributed by atoms with Crippen molar-refractivity contribution in [1.29, 1.82) is 0 Å². The summed E-state index contributed by atoms with van der Waals surface area (Å²) < 4.78 is 15.7. The maximum atomic E-state index is 11.9. The van der Waals surface area contributed by atoms with Crippen LogP contribution in [0.3, 0.4) is 0 Å². The van der Waals surface area contributed by atoms with Crippen molar-refractivity contribution in [3.05, 3.63) is 0 Å². The van der Waals surface area contributed by atoms with Gasteiger partial charge in [0.1, 0.15) is 12.2 Å². The van der Waals surface area contributed by atoms with Gasteiger partial charge in [-0.2, -0.15) is 0 Å². The summed E-state index contributed by atoms with van der Waals surface area (Å²) in [6.07, 6.45) is 14.9. The van der Waals surface area contributed by atoms with Crippen molar-refractivity contribution in [2.45, 2.75) is 115 Å². The van der Waals surface area contributed by atoms with Crippen LogP contribution in [0.2, 0.25) is 0 Å². The predicted molar refractivity (Wildman–Crippen MR) is 109 cm³/mol. The van der Waals surface area contributed by atoms with Gasteiger partial charge in [0.05, 0.1) is 19.8 Å². The van der Waals surface area contributed by atoms with Crippen molar-refractivity contribution >= 4 is 5.97 Å². The maximum absolute atomic E-state index is 11.9. The average Bonchev–Trinajstić information content (AvgIpc) is 3.53. The molecule has 0 aromatic heterocycles. The van der Waals surface area contributed by atoms with E-state index in [1.165, 1.54) is 64.2 Å². The van der Waals surface area contributed by atoms with E-state index in [1.807, 2.05) is 0 Å². The normalized spacial score (nSPS) is 18.0. The van der Waals surface area contributed by atoms with Crippen molar-refractivity contribution in [2.24, 2.45) is 0 Å². The Hall–Kier alpha value is -0.690. The number of aliphatic hydroxyl groups is 2. The summed E-state index contributed by atoms with van der Waals surface area (Å²) in [4.78, 5) is 11.9. The molecule has 6 nitrogen and oxygen atoms in total. The van der Waals surface area contributed by atoms with Crippen LogP contribution < -0.4 is 0 Å². The van der Waals surface area contributed by atoms with Crippen LogP contribution in [-0.2, 0) is 19.0 Å². The highest BCUT2D eigenvalue weighted by Crippen LogP contribution is 2.20. The minimum absolute atomic E-state index is 0.0763. The van der Waals surface area contributed by atoms with Gasteiger partial charge in [-0.1, -0.05) is 84.0 Å². The van der Waals surface area contributed by atoms with Gasteiger partial charge in [-0.25, -0.2) is 0 Å². The molecule has 1 rings (SSSR count). The molecule has 0 spiro atoms. The first-order valence-electron chi connectivity index (χ1n) is 11.4. The summed E-state index contributed by atoms with van der Waals surface area (Å²) >= 11 is 0. The van der Waals surface area contributed by atoms with E-state index in [0.29, 0.717) is 13.0 Å². The molecule has 3 unspecified atom stereocenters. The zero-order chi connectivity index (χ0) is 20.5. The lowest BCUT2D eigenvalue weighted by Gasteiger charge is -2.18. The fraction of sp³-hybridized carbons (Fsp3) is 0.955. The van der Waals surface area contributed by atoms with Crippen molar-refractivity contribution in [2.75, 3.05) is 19.8 Å². The molecule has 1 saturated heterocycles. The number of epoxide rings is 1. The molecule has 0 amide bonds. The van der Waals surface area contributed by atoms with Gasteiger partial charge in [0, 0.05) is 6.42 Å².